The molecule has 118 valence electrons. The van der Waals surface area contributed by atoms with Crippen molar-refractivity contribution in [2.45, 2.75) is 4.34 Å². The monoisotopic (exact) mass is 382 g/mol. The number of rotatable bonds is 6. The molecule has 5 nitrogen and oxygen atoms in total. The third-order valence-electron chi connectivity index (χ3n) is 2.76. The molecule has 1 heterocycles. The van der Waals surface area contributed by atoms with Crippen molar-refractivity contribution in [2.24, 2.45) is 11.7 Å². The summed E-state index contributed by atoms with van der Waals surface area (Å²) in [5, 5.41) is 13.9. The SMILES string of the molecule is C=C(N)[C@@H](C#N)C(=O)CSc1nn(-c2ccc(Cl)cc2)c(=S)s1. The number of benzene rings is 1. The number of allylic oxidation sites excluding steroid dienone is 1. The van der Waals surface area contributed by atoms with Crippen molar-refractivity contribution in [1.29, 1.82) is 5.26 Å². The van der Waals surface area contributed by atoms with Crippen LogP contribution >= 0.6 is 46.9 Å². The molecular formula is C14H11ClN4OS3. The lowest BCUT2D eigenvalue weighted by Gasteiger charge is -2.05. The Bertz CT molecular complexity index is 835. The van der Waals surface area contributed by atoms with Gasteiger partial charge in [0.05, 0.1) is 17.5 Å². The average Bonchev–Trinajstić information content (AvgIpc) is 2.87. The lowest BCUT2D eigenvalue weighted by molar-refractivity contribution is -0.117. The van der Waals surface area contributed by atoms with Crippen LogP contribution in [0.1, 0.15) is 0 Å². The second-order valence-electron chi connectivity index (χ2n) is 4.41. The summed E-state index contributed by atoms with van der Waals surface area (Å²) in [7, 11) is 0. The third-order valence-corrected chi connectivity index (χ3v) is 5.40. The van der Waals surface area contributed by atoms with Gasteiger partial charge >= 0.3 is 0 Å². The molecule has 0 saturated heterocycles. The standard InChI is InChI=1S/C14H11ClN4OS3/c1-8(17)11(6-16)12(20)7-22-13-18-19(14(21)23-13)10-4-2-9(15)3-5-10/h2-5,11H,1,7,17H2/t11-/m1/s1. The average molecular weight is 383 g/mol. The van der Waals surface area contributed by atoms with Gasteiger partial charge in [-0.05, 0) is 36.5 Å². The van der Waals surface area contributed by atoms with Gasteiger partial charge in [-0.25, -0.2) is 4.68 Å². The molecular weight excluding hydrogens is 372 g/mol. The first-order valence-corrected chi connectivity index (χ1v) is 8.86. The fourth-order valence-corrected chi connectivity index (χ4v) is 4.04. The number of nitriles is 1. The largest absolute Gasteiger partial charge is 0.401 e. The maximum atomic E-state index is 11.9. The molecule has 0 spiro atoms. The predicted molar refractivity (Wildman–Crippen MR) is 95.4 cm³/mol. The summed E-state index contributed by atoms with van der Waals surface area (Å²) >= 11 is 13.7. The smallest absolute Gasteiger partial charge is 0.184 e. The fraction of sp³-hybridized carbons (Fsp3) is 0.143. The number of carbonyl (C=O) groups excluding carboxylic acids is 1. The molecule has 2 N–H and O–H groups in total. The van der Waals surface area contributed by atoms with Gasteiger partial charge in [-0.3, -0.25) is 4.79 Å². The lowest BCUT2D eigenvalue weighted by Crippen LogP contribution is -2.21. The maximum absolute atomic E-state index is 11.9. The van der Waals surface area contributed by atoms with Crippen molar-refractivity contribution in [1.82, 2.24) is 9.78 Å². The molecule has 0 aliphatic rings. The minimum Gasteiger partial charge on any atom is -0.401 e. The van der Waals surface area contributed by atoms with Crippen molar-refractivity contribution in [3.8, 4) is 11.8 Å². The van der Waals surface area contributed by atoms with Gasteiger partial charge < -0.3 is 5.73 Å². The third kappa shape index (κ3) is 4.42. The van der Waals surface area contributed by atoms with Crippen LogP contribution in [0.2, 0.25) is 5.02 Å². The van der Waals surface area contributed by atoms with E-state index >= 15 is 0 Å². The quantitative estimate of drug-likeness (QED) is 0.607. The van der Waals surface area contributed by atoms with E-state index in [0.717, 1.165) is 5.69 Å². The van der Waals surface area contributed by atoms with Gasteiger partial charge in [0.2, 0.25) is 0 Å². The molecule has 23 heavy (non-hydrogen) atoms. The van der Waals surface area contributed by atoms with Crippen molar-refractivity contribution < 1.29 is 4.79 Å². The van der Waals surface area contributed by atoms with Gasteiger partial charge in [-0.15, -0.1) is 5.10 Å². The molecule has 0 saturated carbocycles. The molecule has 1 aromatic carbocycles. The summed E-state index contributed by atoms with van der Waals surface area (Å²) in [6.07, 6.45) is 0. The topological polar surface area (TPSA) is 84.7 Å². The highest BCUT2D eigenvalue weighted by molar-refractivity contribution is 8.01. The first-order valence-electron chi connectivity index (χ1n) is 6.28. The molecule has 1 atom stereocenters. The van der Waals surface area contributed by atoms with Crippen LogP contribution in [-0.4, -0.2) is 21.3 Å². The molecule has 0 aliphatic carbocycles. The molecule has 1 aromatic heterocycles. The summed E-state index contributed by atoms with van der Waals surface area (Å²) in [6, 6.07) is 8.95. The number of hydrogen-bond donors (Lipinski definition) is 1. The van der Waals surface area contributed by atoms with E-state index in [1.807, 2.05) is 18.2 Å². The van der Waals surface area contributed by atoms with Crippen LogP contribution in [0.3, 0.4) is 0 Å². The van der Waals surface area contributed by atoms with Gasteiger partial charge in [0.15, 0.2) is 14.1 Å². The van der Waals surface area contributed by atoms with Crippen molar-refractivity contribution in [2.75, 3.05) is 5.75 Å². The highest BCUT2D eigenvalue weighted by Crippen LogP contribution is 2.25. The Kier molecular flexibility index (Phi) is 5.96. The Morgan fingerprint density at radius 1 is 1.57 bits per heavy atom. The van der Waals surface area contributed by atoms with Crippen molar-refractivity contribution in [3.05, 3.63) is 45.5 Å². The Labute approximate surface area is 151 Å². The Balaban J connectivity index is 2.12. The number of Topliss-reactive ketones (excluding diaryl/α,β-unsaturated/α-hetero) is 1. The number of nitrogens with zero attached hydrogens (tertiary/aromatic N) is 3. The molecule has 9 heteroatoms. The van der Waals surface area contributed by atoms with Gasteiger partial charge in [0.25, 0.3) is 0 Å². The molecule has 0 fully saturated rings. The zero-order valence-corrected chi connectivity index (χ0v) is 14.9. The number of ketones is 1. The van der Waals surface area contributed by atoms with Crippen molar-refractivity contribution in [3.63, 3.8) is 0 Å². The maximum Gasteiger partial charge on any atom is 0.184 e. The van der Waals surface area contributed by atoms with E-state index in [2.05, 4.69) is 11.7 Å². The van der Waals surface area contributed by atoms with Crippen LogP contribution in [0.4, 0.5) is 0 Å². The van der Waals surface area contributed by atoms with E-state index in [1.165, 1.54) is 23.1 Å². The summed E-state index contributed by atoms with van der Waals surface area (Å²) in [5.74, 6) is -1.21. The molecule has 0 aliphatic heterocycles. The Morgan fingerprint density at radius 3 is 2.78 bits per heavy atom. The first-order chi connectivity index (χ1) is 10.9. The van der Waals surface area contributed by atoms with Gasteiger partial charge in [-0.2, -0.15) is 5.26 Å². The van der Waals surface area contributed by atoms with E-state index in [1.54, 1.807) is 16.8 Å². The zero-order valence-electron chi connectivity index (χ0n) is 11.7. The number of hydrogen-bond acceptors (Lipinski definition) is 7. The molecule has 0 unspecified atom stereocenters. The molecule has 0 amide bonds. The Hall–Kier alpha value is -1.66. The van der Waals surface area contributed by atoms with Crippen LogP contribution in [0.25, 0.3) is 5.69 Å². The van der Waals surface area contributed by atoms with Crippen LogP contribution in [-0.2, 0) is 4.79 Å². The normalized spacial score (nSPS) is 11.7. The summed E-state index contributed by atoms with van der Waals surface area (Å²) in [4.78, 5) is 11.9. The minimum absolute atomic E-state index is 0.0532. The number of nitrogens with two attached hydrogens (primary N) is 1. The highest BCUT2D eigenvalue weighted by atomic mass is 35.5. The van der Waals surface area contributed by atoms with Gasteiger partial charge in [-0.1, -0.05) is 41.3 Å². The van der Waals surface area contributed by atoms with Crippen molar-refractivity contribution >= 4 is 52.7 Å². The first kappa shape index (κ1) is 17.7. The second-order valence-corrected chi connectivity index (χ2v) is 7.70. The van der Waals surface area contributed by atoms with Gasteiger partial charge in [0, 0.05) is 10.7 Å². The summed E-state index contributed by atoms with van der Waals surface area (Å²) in [6.45, 7) is 3.45. The predicted octanol–water partition coefficient (Wildman–Crippen LogP) is 3.59. The van der Waals surface area contributed by atoms with E-state index in [0.29, 0.717) is 13.3 Å². The van der Waals surface area contributed by atoms with Crippen LogP contribution in [0, 0.1) is 21.2 Å². The van der Waals surface area contributed by atoms with Crippen LogP contribution in [0.5, 0.6) is 0 Å². The number of carbonyl (C=O) groups is 1. The second kappa shape index (κ2) is 7.75. The van der Waals surface area contributed by atoms with Gasteiger partial charge in [0.1, 0.15) is 5.92 Å². The number of thioether (sulfide) groups is 1. The molecule has 2 aromatic rings. The summed E-state index contributed by atoms with van der Waals surface area (Å²) < 4.78 is 2.80. The Morgan fingerprint density at radius 2 is 2.22 bits per heavy atom. The highest BCUT2D eigenvalue weighted by Gasteiger charge is 2.20. The molecule has 2 rings (SSSR count). The lowest BCUT2D eigenvalue weighted by atomic mass is 10.1. The number of aromatic nitrogens is 2. The summed E-state index contributed by atoms with van der Waals surface area (Å²) in [5.41, 5.74) is 6.29. The minimum atomic E-state index is -0.992. The van der Waals surface area contributed by atoms with E-state index < -0.39 is 5.92 Å². The zero-order chi connectivity index (χ0) is 17.0. The van der Waals surface area contributed by atoms with E-state index in [9.17, 15) is 4.79 Å². The molecule has 0 bridgehead atoms. The van der Waals surface area contributed by atoms with Crippen LogP contribution in [0.15, 0.2) is 40.9 Å². The molecule has 0 radical (unpaired) electrons. The number of halogens is 1. The van der Waals surface area contributed by atoms with E-state index in [-0.39, 0.29) is 17.2 Å². The van der Waals surface area contributed by atoms with Crippen LogP contribution < -0.4 is 5.73 Å². The fourth-order valence-electron chi connectivity index (χ4n) is 1.64. The van der Waals surface area contributed by atoms with E-state index in [4.69, 9.17) is 34.8 Å².